The molecule has 1 fully saturated rings. The van der Waals surface area contributed by atoms with Gasteiger partial charge in [0, 0.05) is 11.7 Å². The van der Waals surface area contributed by atoms with E-state index in [0.29, 0.717) is 17.0 Å². The molecule has 0 aromatic heterocycles. The summed E-state index contributed by atoms with van der Waals surface area (Å²) >= 11 is 0. The van der Waals surface area contributed by atoms with E-state index in [2.05, 4.69) is 10.0 Å². The van der Waals surface area contributed by atoms with Gasteiger partial charge in [0.2, 0.25) is 10.0 Å². The monoisotopic (exact) mass is 416 g/mol. The maximum absolute atomic E-state index is 12.6. The molecular formula is C22H28N2O4S. The van der Waals surface area contributed by atoms with Gasteiger partial charge in [-0.1, -0.05) is 31.4 Å². The molecule has 2 N–H and O–H groups in total. The van der Waals surface area contributed by atoms with E-state index in [1.165, 1.54) is 12.5 Å². The molecule has 0 heterocycles. The second-order valence-corrected chi connectivity index (χ2v) is 9.30. The molecule has 2 aromatic carbocycles. The van der Waals surface area contributed by atoms with Gasteiger partial charge >= 0.3 is 0 Å². The zero-order valence-corrected chi connectivity index (χ0v) is 17.7. The van der Waals surface area contributed by atoms with E-state index in [9.17, 15) is 13.2 Å². The minimum absolute atomic E-state index is 0.00954. The van der Waals surface area contributed by atoms with Crippen LogP contribution in [0.25, 0.3) is 0 Å². The summed E-state index contributed by atoms with van der Waals surface area (Å²) in [6.45, 7) is 3.57. The number of sulfonamides is 1. The average molecular weight is 417 g/mol. The molecule has 1 amide bonds. The first-order valence-electron chi connectivity index (χ1n) is 9.96. The van der Waals surface area contributed by atoms with Crippen LogP contribution in [0.15, 0.2) is 47.4 Å². The van der Waals surface area contributed by atoms with Crippen LogP contribution < -0.4 is 14.8 Å². The highest BCUT2D eigenvalue weighted by molar-refractivity contribution is 7.89. The number of aryl methyl sites for hydroxylation is 2. The third-order valence-electron chi connectivity index (χ3n) is 5.04. The molecule has 1 aliphatic carbocycles. The lowest BCUT2D eigenvalue weighted by atomic mass is 9.96. The Hall–Kier alpha value is -2.38. The highest BCUT2D eigenvalue weighted by atomic mass is 32.2. The van der Waals surface area contributed by atoms with Crippen LogP contribution in [-0.4, -0.2) is 27.0 Å². The summed E-state index contributed by atoms with van der Waals surface area (Å²) < 4.78 is 33.7. The van der Waals surface area contributed by atoms with Crippen LogP contribution in [0.5, 0.6) is 5.75 Å². The average Bonchev–Trinajstić information content (AvgIpc) is 2.67. The number of amides is 1. The van der Waals surface area contributed by atoms with E-state index in [0.717, 1.165) is 31.2 Å². The van der Waals surface area contributed by atoms with Crippen LogP contribution in [-0.2, 0) is 14.8 Å². The van der Waals surface area contributed by atoms with Crippen molar-refractivity contribution >= 4 is 21.6 Å². The summed E-state index contributed by atoms with van der Waals surface area (Å²) in [6, 6.07) is 12.2. The summed E-state index contributed by atoms with van der Waals surface area (Å²) in [7, 11) is -3.56. The smallest absolute Gasteiger partial charge is 0.262 e. The van der Waals surface area contributed by atoms with Crippen molar-refractivity contribution in [2.24, 2.45) is 0 Å². The minimum atomic E-state index is -3.56. The van der Waals surface area contributed by atoms with Crippen LogP contribution in [0.4, 0.5) is 5.69 Å². The quantitative estimate of drug-likeness (QED) is 0.716. The Balaban J connectivity index is 1.59. The van der Waals surface area contributed by atoms with Crippen molar-refractivity contribution in [3.63, 3.8) is 0 Å². The van der Waals surface area contributed by atoms with E-state index in [1.807, 2.05) is 31.2 Å². The largest absolute Gasteiger partial charge is 0.483 e. The van der Waals surface area contributed by atoms with Crippen LogP contribution in [0.3, 0.4) is 0 Å². The fourth-order valence-corrected chi connectivity index (χ4v) is 4.91. The number of ether oxygens (including phenoxy) is 1. The third kappa shape index (κ3) is 6.05. The molecule has 0 radical (unpaired) electrons. The van der Waals surface area contributed by atoms with Gasteiger partial charge in [0.15, 0.2) is 6.61 Å². The Morgan fingerprint density at radius 3 is 2.52 bits per heavy atom. The molecule has 2 aromatic rings. The maximum atomic E-state index is 12.6. The van der Waals surface area contributed by atoms with Crippen LogP contribution in [0.1, 0.15) is 43.2 Å². The highest BCUT2D eigenvalue weighted by Gasteiger charge is 2.22. The molecule has 0 atom stereocenters. The van der Waals surface area contributed by atoms with Gasteiger partial charge in [0.1, 0.15) is 5.75 Å². The van der Waals surface area contributed by atoms with E-state index in [1.54, 1.807) is 19.1 Å². The van der Waals surface area contributed by atoms with Crippen molar-refractivity contribution in [1.29, 1.82) is 0 Å². The second kappa shape index (κ2) is 9.41. The normalized spacial score (nSPS) is 15.1. The van der Waals surface area contributed by atoms with E-state index >= 15 is 0 Å². The highest BCUT2D eigenvalue weighted by Crippen LogP contribution is 2.24. The first-order valence-corrected chi connectivity index (χ1v) is 11.4. The van der Waals surface area contributed by atoms with Crippen LogP contribution >= 0.6 is 0 Å². The van der Waals surface area contributed by atoms with Crippen LogP contribution in [0.2, 0.25) is 0 Å². The molecule has 1 saturated carbocycles. The molecule has 0 unspecified atom stereocenters. The van der Waals surface area contributed by atoms with Gasteiger partial charge in [0.25, 0.3) is 5.91 Å². The lowest BCUT2D eigenvalue weighted by Crippen LogP contribution is -2.36. The Morgan fingerprint density at radius 1 is 1.07 bits per heavy atom. The van der Waals surface area contributed by atoms with Gasteiger partial charge < -0.3 is 10.1 Å². The van der Waals surface area contributed by atoms with E-state index in [4.69, 9.17) is 4.74 Å². The Kier molecular flexibility index (Phi) is 6.92. The first kappa shape index (κ1) is 21.3. The number of carbonyl (C=O) groups is 1. The van der Waals surface area contributed by atoms with Crippen molar-refractivity contribution in [2.75, 3.05) is 11.9 Å². The number of anilines is 1. The molecule has 6 nitrogen and oxygen atoms in total. The summed E-state index contributed by atoms with van der Waals surface area (Å²) in [5.74, 6) is 0.215. The molecular weight excluding hydrogens is 388 g/mol. The van der Waals surface area contributed by atoms with Crippen molar-refractivity contribution < 1.29 is 17.9 Å². The molecule has 1 aliphatic rings. The predicted molar refractivity (Wildman–Crippen MR) is 114 cm³/mol. The fourth-order valence-electron chi connectivity index (χ4n) is 3.52. The zero-order chi connectivity index (χ0) is 20.9. The Bertz CT molecular complexity index is 967. The second-order valence-electron chi connectivity index (χ2n) is 7.59. The molecule has 0 spiro atoms. The Morgan fingerprint density at radius 2 is 1.83 bits per heavy atom. The third-order valence-corrected chi connectivity index (χ3v) is 6.56. The summed E-state index contributed by atoms with van der Waals surface area (Å²) in [5.41, 5.74) is 2.43. The maximum Gasteiger partial charge on any atom is 0.262 e. The van der Waals surface area contributed by atoms with Gasteiger partial charge in [-0.25, -0.2) is 13.1 Å². The lowest BCUT2D eigenvalue weighted by Gasteiger charge is -2.22. The van der Waals surface area contributed by atoms with E-state index in [-0.39, 0.29) is 23.5 Å². The van der Waals surface area contributed by atoms with Crippen molar-refractivity contribution in [2.45, 2.75) is 56.9 Å². The molecule has 3 rings (SSSR count). The zero-order valence-electron chi connectivity index (χ0n) is 16.9. The molecule has 0 bridgehead atoms. The lowest BCUT2D eigenvalue weighted by molar-refractivity contribution is -0.118. The Labute approximate surface area is 172 Å². The molecule has 7 heteroatoms. The van der Waals surface area contributed by atoms with Gasteiger partial charge in [0.05, 0.1) is 4.90 Å². The molecule has 156 valence electrons. The van der Waals surface area contributed by atoms with Gasteiger partial charge in [-0.2, -0.15) is 0 Å². The van der Waals surface area contributed by atoms with Crippen molar-refractivity contribution in [1.82, 2.24) is 4.72 Å². The van der Waals surface area contributed by atoms with Gasteiger partial charge in [-0.05, 0) is 68.1 Å². The minimum Gasteiger partial charge on any atom is -0.483 e. The van der Waals surface area contributed by atoms with Crippen molar-refractivity contribution in [3.8, 4) is 5.75 Å². The molecule has 0 saturated heterocycles. The van der Waals surface area contributed by atoms with Gasteiger partial charge in [-0.3, -0.25) is 4.79 Å². The SMILES string of the molecule is Cc1cccc(NC(=O)COc2ccc(S(=O)(=O)NC3CCCCC3)cc2C)c1. The number of hydrogen-bond donors (Lipinski definition) is 2. The topological polar surface area (TPSA) is 84.5 Å². The molecule has 0 aliphatic heterocycles. The standard InChI is InChI=1S/C22H28N2O4S/c1-16-7-6-10-19(13-16)23-22(25)15-28-21-12-11-20(14-17(21)2)29(26,27)24-18-8-4-3-5-9-18/h6-7,10-14,18,24H,3-5,8-9,15H2,1-2H3,(H,23,25). The number of hydrogen-bond acceptors (Lipinski definition) is 4. The predicted octanol–water partition coefficient (Wildman–Crippen LogP) is 3.93. The first-order chi connectivity index (χ1) is 13.8. The van der Waals surface area contributed by atoms with Crippen LogP contribution in [0, 0.1) is 13.8 Å². The fraction of sp³-hybridized carbons (Fsp3) is 0.409. The van der Waals surface area contributed by atoms with Gasteiger partial charge in [-0.15, -0.1) is 0 Å². The van der Waals surface area contributed by atoms with E-state index < -0.39 is 10.0 Å². The van der Waals surface area contributed by atoms with Crippen molar-refractivity contribution in [3.05, 3.63) is 53.6 Å². The number of carbonyl (C=O) groups excluding carboxylic acids is 1. The number of rotatable bonds is 7. The summed E-state index contributed by atoms with van der Waals surface area (Å²) in [4.78, 5) is 12.3. The number of nitrogens with one attached hydrogen (secondary N) is 2. The molecule has 29 heavy (non-hydrogen) atoms. The number of benzene rings is 2. The summed E-state index contributed by atoms with van der Waals surface area (Å²) in [5, 5.41) is 2.78. The summed E-state index contributed by atoms with van der Waals surface area (Å²) in [6.07, 6.45) is 5.05.